The molecule has 1 nitrogen and oxygen atoms in total. The molecule has 0 saturated carbocycles. The maximum absolute atomic E-state index is 13.8. The van der Waals surface area contributed by atoms with Gasteiger partial charge in [0.25, 0.3) is 0 Å². The summed E-state index contributed by atoms with van der Waals surface area (Å²) >= 11 is 0. The highest BCUT2D eigenvalue weighted by Crippen LogP contribution is 2.24. The summed E-state index contributed by atoms with van der Waals surface area (Å²) in [7, 11) is 0. The summed E-state index contributed by atoms with van der Waals surface area (Å²) < 4.78 is 27.1. The smallest absolute Gasteiger partial charge is 0.127 e. The Balaban J connectivity index is 2.16. The van der Waals surface area contributed by atoms with Gasteiger partial charge in [0.15, 0.2) is 0 Å². The van der Waals surface area contributed by atoms with Crippen LogP contribution in [0.3, 0.4) is 0 Å². The molecule has 0 aromatic heterocycles. The van der Waals surface area contributed by atoms with Crippen molar-refractivity contribution in [2.75, 3.05) is 0 Å². The van der Waals surface area contributed by atoms with E-state index in [-0.39, 0.29) is 23.7 Å². The van der Waals surface area contributed by atoms with Crippen molar-refractivity contribution >= 4 is 0 Å². The average Bonchev–Trinajstić information content (AvgIpc) is 2.45. The van der Waals surface area contributed by atoms with Gasteiger partial charge in [-0.15, -0.1) is 0 Å². The highest BCUT2D eigenvalue weighted by molar-refractivity contribution is 5.23. The summed E-state index contributed by atoms with van der Waals surface area (Å²) in [6.45, 7) is 3.96. The normalized spacial score (nSPS) is 14.0. The van der Waals surface area contributed by atoms with Crippen molar-refractivity contribution in [1.82, 2.24) is 5.32 Å². The zero-order valence-electron chi connectivity index (χ0n) is 11.7. The minimum absolute atomic E-state index is 0.0461. The Bertz CT molecular complexity index is 568. The average molecular weight is 275 g/mol. The van der Waals surface area contributed by atoms with Crippen molar-refractivity contribution in [2.45, 2.75) is 32.4 Å². The van der Waals surface area contributed by atoms with Crippen molar-refractivity contribution in [1.29, 1.82) is 0 Å². The third-order valence-electron chi connectivity index (χ3n) is 3.49. The second kappa shape index (κ2) is 6.62. The molecule has 0 fully saturated rings. The van der Waals surface area contributed by atoms with Crippen LogP contribution < -0.4 is 5.32 Å². The molecule has 2 atom stereocenters. The predicted molar refractivity (Wildman–Crippen MR) is 77.4 cm³/mol. The fourth-order valence-electron chi connectivity index (χ4n) is 2.36. The summed E-state index contributed by atoms with van der Waals surface area (Å²) in [5.41, 5.74) is 1.51. The van der Waals surface area contributed by atoms with Crippen LogP contribution in [0.25, 0.3) is 0 Å². The standard InChI is InChI=1S/C17H19F2N/c1-3-17(15-9-4-5-10-16(15)19)20-12(2)13-7-6-8-14(18)11-13/h4-12,17,20H,3H2,1-2H3. The SMILES string of the molecule is CCC(NC(C)c1cccc(F)c1)c1ccccc1F. The van der Waals surface area contributed by atoms with Crippen molar-refractivity contribution < 1.29 is 8.78 Å². The van der Waals surface area contributed by atoms with Crippen molar-refractivity contribution in [3.05, 3.63) is 71.3 Å². The molecule has 0 amide bonds. The molecule has 2 rings (SSSR count). The number of benzene rings is 2. The van der Waals surface area contributed by atoms with E-state index in [0.717, 1.165) is 12.0 Å². The van der Waals surface area contributed by atoms with E-state index < -0.39 is 0 Å². The van der Waals surface area contributed by atoms with Crippen LogP contribution in [0.1, 0.15) is 43.5 Å². The minimum atomic E-state index is -0.255. The molecule has 0 aliphatic heterocycles. The van der Waals surface area contributed by atoms with Gasteiger partial charge in [-0.3, -0.25) is 0 Å². The second-order valence-corrected chi connectivity index (χ2v) is 4.93. The lowest BCUT2D eigenvalue weighted by Crippen LogP contribution is -2.25. The second-order valence-electron chi connectivity index (χ2n) is 4.93. The quantitative estimate of drug-likeness (QED) is 0.829. The Hall–Kier alpha value is -1.74. The zero-order valence-corrected chi connectivity index (χ0v) is 11.7. The van der Waals surface area contributed by atoms with Gasteiger partial charge in [-0.2, -0.15) is 0 Å². The first-order chi connectivity index (χ1) is 9.61. The first-order valence-corrected chi connectivity index (χ1v) is 6.87. The van der Waals surface area contributed by atoms with E-state index in [4.69, 9.17) is 0 Å². The molecule has 0 bridgehead atoms. The zero-order chi connectivity index (χ0) is 14.5. The Kier molecular flexibility index (Phi) is 4.85. The van der Waals surface area contributed by atoms with Crippen LogP contribution in [0.15, 0.2) is 48.5 Å². The molecule has 0 spiro atoms. The molecule has 0 saturated heterocycles. The first-order valence-electron chi connectivity index (χ1n) is 6.87. The Morgan fingerprint density at radius 1 is 1.05 bits per heavy atom. The van der Waals surface area contributed by atoms with Gasteiger partial charge in [0.2, 0.25) is 0 Å². The van der Waals surface area contributed by atoms with Gasteiger partial charge in [0.1, 0.15) is 11.6 Å². The molecule has 3 heteroatoms. The molecule has 0 aliphatic carbocycles. The molecule has 2 unspecified atom stereocenters. The maximum atomic E-state index is 13.8. The van der Waals surface area contributed by atoms with Crippen molar-refractivity contribution in [2.24, 2.45) is 0 Å². The van der Waals surface area contributed by atoms with Gasteiger partial charge in [-0.05, 0) is 37.1 Å². The molecule has 20 heavy (non-hydrogen) atoms. The third kappa shape index (κ3) is 3.42. The van der Waals surface area contributed by atoms with Crippen molar-refractivity contribution in [3.8, 4) is 0 Å². The van der Waals surface area contributed by atoms with Crippen LogP contribution in [-0.2, 0) is 0 Å². The fourth-order valence-corrected chi connectivity index (χ4v) is 2.36. The first kappa shape index (κ1) is 14.7. The highest BCUT2D eigenvalue weighted by Gasteiger charge is 2.16. The van der Waals surface area contributed by atoms with E-state index in [1.54, 1.807) is 18.2 Å². The fraction of sp³-hybridized carbons (Fsp3) is 0.294. The monoisotopic (exact) mass is 275 g/mol. The van der Waals surface area contributed by atoms with E-state index in [1.807, 2.05) is 26.0 Å². The lowest BCUT2D eigenvalue weighted by Gasteiger charge is -2.23. The van der Waals surface area contributed by atoms with Crippen LogP contribution in [-0.4, -0.2) is 0 Å². The van der Waals surface area contributed by atoms with Crippen LogP contribution in [0.2, 0.25) is 0 Å². The van der Waals surface area contributed by atoms with Gasteiger partial charge < -0.3 is 5.32 Å². The van der Waals surface area contributed by atoms with E-state index in [0.29, 0.717) is 5.56 Å². The van der Waals surface area contributed by atoms with Crippen LogP contribution >= 0.6 is 0 Å². The van der Waals surface area contributed by atoms with Crippen LogP contribution in [0.5, 0.6) is 0 Å². The van der Waals surface area contributed by atoms with Gasteiger partial charge in [0, 0.05) is 17.6 Å². The Morgan fingerprint density at radius 2 is 1.80 bits per heavy atom. The third-order valence-corrected chi connectivity index (χ3v) is 3.49. The lowest BCUT2D eigenvalue weighted by atomic mass is 10.0. The highest BCUT2D eigenvalue weighted by atomic mass is 19.1. The van der Waals surface area contributed by atoms with Gasteiger partial charge in [0.05, 0.1) is 0 Å². The topological polar surface area (TPSA) is 12.0 Å². The van der Waals surface area contributed by atoms with Crippen LogP contribution in [0, 0.1) is 11.6 Å². The summed E-state index contributed by atoms with van der Waals surface area (Å²) in [6, 6.07) is 13.1. The molecule has 2 aromatic rings. The molecule has 0 heterocycles. The molecular weight excluding hydrogens is 256 g/mol. The van der Waals surface area contributed by atoms with Gasteiger partial charge >= 0.3 is 0 Å². The molecule has 0 radical (unpaired) electrons. The molecule has 1 N–H and O–H groups in total. The molecule has 2 aromatic carbocycles. The summed E-state index contributed by atoms with van der Waals surface area (Å²) in [5, 5.41) is 3.36. The van der Waals surface area contributed by atoms with E-state index in [2.05, 4.69) is 5.32 Å². The van der Waals surface area contributed by atoms with Crippen LogP contribution in [0.4, 0.5) is 8.78 Å². The molecular formula is C17H19F2N. The summed E-state index contributed by atoms with van der Waals surface area (Å²) in [5.74, 6) is -0.464. The maximum Gasteiger partial charge on any atom is 0.127 e. The number of hydrogen-bond acceptors (Lipinski definition) is 1. The van der Waals surface area contributed by atoms with E-state index >= 15 is 0 Å². The predicted octanol–water partition coefficient (Wildman–Crippen LogP) is 4.77. The number of nitrogens with one attached hydrogen (secondary N) is 1. The van der Waals surface area contributed by atoms with Gasteiger partial charge in [-0.1, -0.05) is 37.3 Å². The summed E-state index contributed by atoms with van der Waals surface area (Å²) in [6.07, 6.45) is 0.764. The number of rotatable bonds is 5. The lowest BCUT2D eigenvalue weighted by molar-refractivity contribution is 0.438. The van der Waals surface area contributed by atoms with Gasteiger partial charge in [-0.25, -0.2) is 8.78 Å². The minimum Gasteiger partial charge on any atom is -0.303 e. The largest absolute Gasteiger partial charge is 0.303 e. The van der Waals surface area contributed by atoms with E-state index in [9.17, 15) is 8.78 Å². The number of hydrogen-bond donors (Lipinski definition) is 1. The van der Waals surface area contributed by atoms with Crippen molar-refractivity contribution in [3.63, 3.8) is 0 Å². The molecule has 106 valence electrons. The van der Waals surface area contributed by atoms with E-state index in [1.165, 1.54) is 18.2 Å². The Morgan fingerprint density at radius 3 is 2.45 bits per heavy atom. The molecule has 0 aliphatic rings. The Labute approximate surface area is 118 Å². The number of halogens is 2. The summed E-state index contributed by atoms with van der Waals surface area (Å²) in [4.78, 5) is 0.